The molecular formula is C18H21F3N4O. The Labute approximate surface area is 149 Å². The lowest BCUT2D eigenvalue weighted by molar-refractivity contribution is -0.137. The molecule has 0 spiro atoms. The summed E-state index contributed by atoms with van der Waals surface area (Å²) in [5, 5.41) is 7.03. The minimum Gasteiger partial charge on any atom is -0.352 e. The number of nitrogens with two attached hydrogens (primary N) is 1. The van der Waals surface area contributed by atoms with E-state index < -0.39 is 11.7 Å². The van der Waals surface area contributed by atoms with E-state index in [1.165, 1.54) is 16.9 Å². The van der Waals surface area contributed by atoms with Gasteiger partial charge in [-0.2, -0.15) is 18.3 Å². The summed E-state index contributed by atoms with van der Waals surface area (Å²) in [6.07, 6.45) is 0.413. The van der Waals surface area contributed by atoms with Gasteiger partial charge < -0.3 is 11.1 Å². The maximum Gasteiger partial charge on any atom is 0.416 e. The molecule has 1 aromatic carbocycles. The van der Waals surface area contributed by atoms with Gasteiger partial charge in [0.05, 0.1) is 28.7 Å². The maximum absolute atomic E-state index is 13.0. The zero-order valence-corrected chi connectivity index (χ0v) is 14.2. The molecule has 0 bridgehead atoms. The number of benzene rings is 1. The number of carbonyl (C=O) groups excluding carboxylic acids is 1. The van der Waals surface area contributed by atoms with Crippen molar-refractivity contribution >= 4 is 5.91 Å². The molecule has 2 aromatic rings. The summed E-state index contributed by atoms with van der Waals surface area (Å²) in [5.74, 6) is -0.0982. The van der Waals surface area contributed by atoms with E-state index in [1.54, 1.807) is 6.07 Å². The maximum atomic E-state index is 13.0. The number of halogens is 3. The SMILES string of the molecule is NCCCCNC(=O)c1cnn(-c2cccc(C(F)(F)F)c2)c1C1CC1. The summed E-state index contributed by atoms with van der Waals surface area (Å²) < 4.78 is 40.4. The molecule has 0 aliphatic heterocycles. The van der Waals surface area contributed by atoms with Crippen molar-refractivity contribution < 1.29 is 18.0 Å². The summed E-state index contributed by atoms with van der Waals surface area (Å²) >= 11 is 0. The summed E-state index contributed by atoms with van der Waals surface area (Å²) in [7, 11) is 0. The molecule has 1 aliphatic rings. The number of carbonyl (C=O) groups is 1. The third-order valence-electron chi connectivity index (χ3n) is 4.35. The molecule has 140 valence electrons. The van der Waals surface area contributed by atoms with Gasteiger partial charge in [-0.05, 0) is 50.4 Å². The minimum absolute atomic E-state index is 0.150. The van der Waals surface area contributed by atoms with E-state index in [9.17, 15) is 18.0 Å². The van der Waals surface area contributed by atoms with Gasteiger partial charge >= 0.3 is 6.18 Å². The smallest absolute Gasteiger partial charge is 0.352 e. The molecular weight excluding hydrogens is 345 g/mol. The van der Waals surface area contributed by atoms with Crippen molar-refractivity contribution in [3.63, 3.8) is 0 Å². The molecule has 0 saturated heterocycles. The first-order valence-electron chi connectivity index (χ1n) is 8.65. The van der Waals surface area contributed by atoms with Crippen LogP contribution >= 0.6 is 0 Å². The Bertz CT molecular complexity index is 781. The van der Waals surface area contributed by atoms with Crippen LogP contribution in [0.1, 0.15) is 53.2 Å². The predicted molar refractivity (Wildman–Crippen MR) is 91.2 cm³/mol. The molecule has 1 fully saturated rings. The Kier molecular flexibility index (Phi) is 5.31. The number of rotatable bonds is 7. The van der Waals surface area contributed by atoms with Crippen molar-refractivity contribution in [3.8, 4) is 5.69 Å². The van der Waals surface area contributed by atoms with Gasteiger partial charge in [0, 0.05) is 12.5 Å². The van der Waals surface area contributed by atoms with E-state index in [0.29, 0.717) is 30.0 Å². The Balaban J connectivity index is 1.88. The number of amides is 1. The van der Waals surface area contributed by atoms with Gasteiger partial charge in [0.25, 0.3) is 5.91 Å². The lowest BCUT2D eigenvalue weighted by atomic mass is 10.1. The monoisotopic (exact) mass is 366 g/mol. The van der Waals surface area contributed by atoms with Crippen LogP contribution in [-0.2, 0) is 6.18 Å². The highest BCUT2D eigenvalue weighted by molar-refractivity contribution is 5.95. The highest BCUT2D eigenvalue weighted by Gasteiger charge is 2.34. The molecule has 26 heavy (non-hydrogen) atoms. The fourth-order valence-corrected chi connectivity index (χ4v) is 2.87. The number of unbranched alkanes of at least 4 members (excludes halogenated alkanes) is 1. The molecule has 1 amide bonds. The lowest BCUT2D eigenvalue weighted by Gasteiger charge is -2.12. The van der Waals surface area contributed by atoms with E-state index in [1.807, 2.05) is 0 Å². The standard InChI is InChI=1S/C18H21F3N4O/c19-18(20,21)13-4-3-5-14(10-13)25-16(12-6-7-12)15(11-24-25)17(26)23-9-2-1-8-22/h3-5,10-12H,1-2,6-9,22H2,(H,23,26). The molecule has 0 radical (unpaired) electrons. The van der Waals surface area contributed by atoms with Gasteiger partial charge in [-0.15, -0.1) is 0 Å². The minimum atomic E-state index is -4.42. The quantitative estimate of drug-likeness (QED) is 0.739. The number of hydrogen-bond donors (Lipinski definition) is 2. The topological polar surface area (TPSA) is 72.9 Å². The zero-order chi connectivity index (χ0) is 18.7. The van der Waals surface area contributed by atoms with Crippen molar-refractivity contribution in [2.24, 2.45) is 5.73 Å². The van der Waals surface area contributed by atoms with Gasteiger partial charge in [0.2, 0.25) is 0 Å². The van der Waals surface area contributed by atoms with Crippen molar-refractivity contribution in [3.05, 3.63) is 47.3 Å². The number of nitrogens with zero attached hydrogens (tertiary/aromatic N) is 2. The predicted octanol–water partition coefficient (Wildman–Crippen LogP) is 3.24. The molecule has 3 rings (SSSR count). The number of nitrogens with one attached hydrogen (secondary N) is 1. The average Bonchev–Trinajstić information content (AvgIpc) is 3.36. The second kappa shape index (κ2) is 7.49. The van der Waals surface area contributed by atoms with E-state index in [4.69, 9.17) is 5.73 Å². The Morgan fingerprint density at radius 1 is 1.31 bits per heavy atom. The van der Waals surface area contributed by atoms with Crippen molar-refractivity contribution in [2.45, 2.75) is 37.8 Å². The molecule has 0 unspecified atom stereocenters. The molecule has 1 saturated carbocycles. The van der Waals surface area contributed by atoms with Crippen LogP contribution in [-0.4, -0.2) is 28.8 Å². The first-order chi connectivity index (χ1) is 12.4. The van der Waals surface area contributed by atoms with Gasteiger partial charge in [0.1, 0.15) is 0 Å². The summed E-state index contributed by atoms with van der Waals surface area (Å²) in [4.78, 5) is 12.5. The van der Waals surface area contributed by atoms with Crippen molar-refractivity contribution in [1.82, 2.24) is 15.1 Å². The molecule has 0 atom stereocenters. The van der Waals surface area contributed by atoms with Gasteiger partial charge in [-0.25, -0.2) is 4.68 Å². The van der Waals surface area contributed by atoms with E-state index in [0.717, 1.165) is 37.8 Å². The Morgan fingerprint density at radius 2 is 2.08 bits per heavy atom. The first kappa shape index (κ1) is 18.4. The normalized spacial score (nSPS) is 14.5. The fraction of sp³-hybridized carbons (Fsp3) is 0.444. The second-order valence-electron chi connectivity index (χ2n) is 6.43. The van der Waals surface area contributed by atoms with Crippen LogP contribution in [0.15, 0.2) is 30.5 Å². The molecule has 8 heteroatoms. The Hall–Kier alpha value is -2.35. The van der Waals surface area contributed by atoms with Crippen LogP contribution in [0.4, 0.5) is 13.2 Å². The summed E-state index contributed by atoms with van der Waals surface area (Å²) in [6.45, 7) is 1.07. The first-order valence-corrected chi connectivity index (χ1v) is 8.65. The number of alkyl halides is 3. The van der Waals surface area contributed by atoms with Crippen molar-refractivity contribution in [1.29, 1.82) is 0 Å². The molecule has 5 nitrogen and oxygen atoms in total. The summed E-state index contributed by atoms with van der Waals surface area (Å²) in [5.41, 5.74) is 6.12. The molecule has 3 N–H and O–H groups in total. The highest BCUT2D eigenvalue weighted by atomic mass is 19.4. The third kappa shape index (κ3) is 4.07. The van der Waals surface area contributed by atoms with Crippen LogP contribution in [0, 0.1) is 0 Å². The van der Waals surface area contributed by atoms with Crippen LogP contribution in [0.5, 0.6) is 0 Å². The second-order valence-corrected chi connectivity index (χ2v) is 6.43. The van der Waals surface area contributed by atoms with Gasteiger partial charge in [0.15, 0.2) is 0 Å². The van der Waals surface area contributed by atoms with Crippen LogP contribution in [0.2, 0.25) is 0 Å². The number of aromatic nitrogens is 2. The van der Waals surface area contributed by atoms with Gasteiger partial charge in [-0.3, -0.25) is 4.79 Å². The van der Waals surface area contributed by atoms with E-state index >= 15 is 0 Å². The zero-order valence-electron chi connectivity index (χ0n) is 14.2. The largest absolute Gasteiger partial charge is 0.416 e. The van der Waals surface area contributed by atoms with Crippen molar-refractivity contribution in [2.75, 3.05) is 13.1 Å². The average molecular weight is 366 g/mol. The molecule has 1 aromatic heterocycles. The molecule has 1 heterocycles. The highest BCUT2D eigenvalue weighted by Crippen LogP contribution is 2.42. The fourth-order valence-electron chi connectivity index (χ4n) is 2.87. The summed E-state index contributed by atoms with van der Waals surface area (Å²) in [6, 6.07) is 5.00. The molecule has 1 aliphatic carbocycles. The Morgan fingerprint density at radius 3 is 2.73 bits per heavy atom. The number of hydrogen-bond acceptors (Lipinski definition) is 3. The van der Waals surface area contributed by atoms with Crippen LogP contribution in [0.3, 0.4) is 0 Å². The lowest BCUT2D eigenvalue weighted by Crippen LogP contribution is -2.25. The van der Waals surface area contributed by atoms with E-state index in [-0.39, 0.29) is 11.8 Å². The van der Waals surface area contributed by atoms with Crippen LogP contribution < -0.4 is 11.1 Å². The third-order valence-corrected chi connectivity index (χ3v) is 4.35. The van der Waals surface area contributed by atoms with E-state index in [2.05, 4.69) is 10.4 Å². The van der Waals surface area contributed by atoms with Gasteiger partial charge in [-0.1, -0.05) is 6.07 Å². The van der Waals surface area contributed by atoms with Crippen LogP contribution in [0.25, 0.3) is 5.69 Å².